The molecule has 1 aliphatic carbocycles. The lowest BCUT2D eigenvalue weighted by molar-refractivity contribution is -0.192. The molecular formula is C20H23F4N3O5. The van der Waals surface area contributed by atoms with Crippen molar-refractivity contribution in [2.24, 2.45) is 0 Å². The van der Waals surface area contributed by atoms with Gasteiger partial charge in [-0.05, 0) is 38.8 Å². The third-order valence-electron chi connectivity index (χ3n) is 5.42. The first-order valence-corrected chi connectivity index (χ1v) is 9.92. The van der Waals surface area contributed by atoms with E-state index in [4.69, 9.17) is 23.9 Å². The van der Waals surface area contributed by atoms with Crippen molar-refractivity contribution < 1.29 is 41.5 Å². The first-order valence-electron chi connectivity index (χ1n) is 9.92. The average Bonchev–Trinajstić information content (AvgIpc) is 3.28. The SMILES string of the molecule is Cc1noc(C)c1CN1CCO[C@H]2[C@@H](Oc3ncccc3F)CC[C@@H]21.O=C(O)C(F)(F)F. The molecule has 2 aromatic heterocycles. The number of aromatic nitrogens is 2. The number of carbonyl (C=O) groups is 1. The lowest BCUT2D eigenvalue weighted by Crippen LogP contribution is -2.51. The van der Waals surface area contributed by atoms with Gasteiger partial charge in [-0.3, -0.25) is 4.90 Å². The Bertz CT molecular complexity index is 917. The highest BCUT2D eigenvalue weighted by Crippen LogP contribution is 2.34. The lowest BCUT2D eigenvalue weighted by atomic mass is 10.1. The van der Waals surface area contributed by atoms with E-state index < -0.39 is 18.0 Å². The minimum Gasteiger partial charge on any atom is -0.475 e. The molecule has 1 saturated heterocycles. The number of aliphatic carboxylic acids is 1. The van der Waals surface area contributed by atoms with E-state index in [2.05, 4.69) is 15.0 Å². The maximum atomic E-state index is 13.8. The lowest BCUT2D eigenvalue weighted by Gasteiger charge is -2.38. The van der Waals surface area contributed by atoms with Gasteiger partial charge in [-0.1, -0.05) is 5.16 Å². The number of aryl methyl sites for hydroxylation is 2. The Kier molecular flexibility index (Phi) is 7.34. The Morgan fingerprint density at radius 3 is 2.66 bits per heavy atom. The molecule has 3 heterocycles. The van der Waals surface area contributed by atoms with Gasteiger partial charge in [-0.2, -0.15) is 13.2 Å². The van der Waals surface area contributed by atoms with Crippen LogP contribution in [0.4, 0.5) is 17.6 Å². The quantitative estimate of drug-likeness (QED) is 0.693. The first-order chi connectivity index (χ1) is 15.1. The van der Waals surface area contributed by atoms with Crippen LogP contribution in [0.15, 0.2) is 22.9 Å². The number of nitrogens with zero attached hydrogens (tertiary/aromatic N) is 3. The van der Waals surface area contributed by atoms with Gasteiger partial charge in [0, 0.05) is 30.9 Å². The van der Waals surface area contributed by atoms with E-state index in [1.54, 1.807) is 6.07 Å². The largest absolute Gasteiger partial charge is 0.490 e. The summed E-state index contributed by atoms with van der Waals surface area (Å²) in [6, 6.07) is 3.17. The maximum Gasteiger partial charge on any atom is 0.490 e. The molecule has 0 radical (unpaired) electrons. The molecule has 8 nitrogen and oxygen atoms in total. The molecule has 2 fully saturated rings. The van der Waals surface area contributed by atoms with E-state index in [0.29, 0.717) is 6.61 Å². The predicted octanol–water partition coefficient (Wildman–Crippen LogP) is 3.27. The molecule has 0 spiro atoms. The zero-order valence-electron chi connectivity index (χ0n) is 17.4. The minimum atomic E-state index is -5.08. The number of carboxylic acids is 1. The van der Waals surface area contributed by atoms with E-state index >= 15 is 0 Å². The zero-order chi connectivity index (χ0) is 23.5. The van der Waals surface area contributed by atoms with Crippen LogP contribution in [0.1, 0.15) is 29.9 Å². The van der Waals surface area contributed by atoms with E-state index in [1.807, 2.05) is 13.8 Å². The molecule has 32 heavy (non-hydrogen) atoms. The van der Waals surface area contributed by atoms with Crippen LogP contribution in [0.25, 0.3) is 0 Å². The topological polar surface area (TPSA) is 97.9 Å². The van der Waals surface area contributed by atoms with Crippen molar-refractivity contribution in [2.75, 3.05) is 13.2 Å². The average molecular weight is 461 g/mol. The highest BCUT2D eigenvalue weighted by atomic mass is 19.4. The summed E-state index contributed by atoms with van der Waals surface area (Å²) in [6.07, 6.45) is -2.02. The van der Waals surface area contributed by atoms with Gasteiger partial charge in [0.25, 0.3) is 5.88 Å². The summed E-state index contributed by atoms with van der Waals surface area (Å²) in [5.41, 5.74) is 2.07. The summed E-state index contributed by atoms with van der Waals surface area (Å²) in [7, 11) is 0. The predicted molar refractivity (Wildman–Crippen MR) is 101 cm³/mol. The first kappa shape index (κ1) is 23.9. The molecule has 4 rings (SSSR count). The third kappa shape index (κ3) is 5.54. The number of fused-ring (bicyclic) bond motifs is 1. The van der Waals surface area contributed by atoms with Crippen molar-refractivity contribution in [1.29, 1.82) is 0 Å². The molecule has 176 valence electrons. The van der Waals surface area contributed by atoms with E-state index in [0.717, 1.165) is 42.9 Å². The smallest absolute Gasteiger partial charge is 0.475 e. The van der Waals surface area contributed by atoms with Crippen LogP contribution in [0.5, 0.6) is 5.88 Å². The number of carboxylic acid groups (broad SMARTS) is 1. The van der Waals surface area contributed by atoms with Gasteiger partial charge in [0.2, 0.25) is 0 Å². The van der Waals surface area contributed by atoms with Crippen LogP contribution in [0, 0.1) is 19.7 Å². The third-order valence-corrected chi connectivity index (χ3v) is 5.42. The molecular weight excluding hydrogens is 438 g/mol. The van der Waals surface area contributed by atoms with Gasteiger partial charge in [0.1, 0.15) is 18.0 Å². The molecule has 1 N–H and O–H groups in total. The maximum absolute atomic E-state index is 13.8. The molecule has 2 aliphatic rings. The Hall–Kier alpha value is -2.73. The summed E-state index contributed by atoms with van der Waals surface area (Å²) in [5.74, 6) is -2.27. The minimum absolute atomic E-state index is 0.0552. The van der Waals surface area contributed by atoms with Crippen molar-refractivity contribution in [3.05, 3.63) is 41.2 Å². The molecule has 0 unspecified atom stereocenters. The Balaban J connectivity index is 0.000000360. The van der Waals surface area contributed by atoms with Gasteiger partial charge in [-0.15, -0.1) is 0 Å². The Morgan fingerprint density at radius 1 is 1.34 bits per heavy atom. The van der Waals surface area contributed by atoms with Gasteiger partial charge in [0.15, 0.2) is 5.82 Å². The summed E-state index contributed by atoms with van der Waals surface area (Å²) in [5, 5.41) is 11.2. The highest BCUT2D eigenvalue weighted by molar-refractivity contribution is 5.73. The number of hydrogen-bond donors (Lipinski definition) is 1. The van der Waals surface area contributed by atoms with Crippen molar-refractivity contribution in [2.45, 2.75) is 57.7 Å². The van der Waals surface area contributed by atoms with Crippen LogP contribution in [0.3, 0.4) is 0 Å². The van der Waals surface area contributed by atoms with Gasteiger partial charge >= 0.3 is 12.1 Å². The van der Waals surface area contributed by atoms with Crippen LogP contribution in [-0.2, 0) is 16.1 Å². The molecule has 2 aromatic rings. The Morgan fingerprint density at radius 2 is 2.06 bits per heavy atom. The van der Waals surface area contributed by atoms with E-state index in [1.165, 1.54) is 12.3 Å². The van der Waals surface area contributed by atoms with Gasteiger partial charge < -0.3 is 19.1 Å². The fraction of sp³-hybridized carbons (Fsp3) is 0.550. The van der Waals surface area contributed by atoms with Gasteiger partial charge in [-0.25, -0.2) is 14.2 Å². The molecule has 1 saturated carbocycles. The molecule has 0 amide bonds. The molecule has 3 atom stereocenters. The standard InChI is InChI=1S/C18H22FN3O3.C2HF3O2/c1-11-13(12(2)25-21-11)10-22-8-9-23-17-15(22)5-6-16(17)24-18-14(19)4-3-7-20-18;3-2(4,5)1(6)7/h3-4,7,15-17H,5-6,8-10H2,1-2H3;(H,6,7)/t15-,16-,17+;/m0./s1. The van der Waals surface area contributed by atoms with Crippen molar-refractivity contribution in [3.8, 4) is 5.88 Å². The van der Waals surface area contributed by atoms with Crippen LogP contribution in [-0.4, -0.2) is 63.7 Å². The number of pyridine rings is 1. The molecule has 1 aliphatic heterocycles. The number of ether oxygens (including phenoxy) is 2. The van der Waals surface area contributed by atoms with Crippen LogP contribution < -0.4 is 4.74 Å². The fourth-order valence-electron chi connectivity index (χ4n) is 3.85. The summed E-state index contributed by atoms with van der Waals surface area (Å²) in [6.45, 7) is 6.19. The van der Waals surface area contributed by atoms with Crippen molar-refractivity contribution in [3.63, 3.8) is 0 Å². The monoisotopic (exact) mass is 461 g/mol. The second-order valence-corrected chi connectivity index (χ2v) is 7.50. The number of rotatable bonds is 4. The highest BCUT2D eigenvalue weighted by Gasteiger charge is 2.44. The summed E-state index contributed by atoms with van der Waals surface area (Å²) in [4.78, 5) is 15.3. The van der Waals surface area contributed by atoms with E-state index in [-0.39, 0.29) is 24.1 Å². The number of alkyl halides is 3. The molecule has 0 bridgehead atoms. The van der Waals surface area contributed by atoms with Crippen LogP contribution in [0.2, 0.25) is 0 Å². The fourth-order valence-corrected chi connectivity index (χ4v) is 3.85. The second-order valence-electron chi connectivity index (χ2n) is 7.50. The van der Waals surface area contributed by atoms with Crippen molar-refractivity contribution >= 4 is 5.97 Å². The van der Waals surface area contributed by atoms with Gasteiger partial charge in [0.05, 0.1) is 12.3 Å². The molecule has 0 aromatic carbocycles. The number of halogens is 4. The number of hydrogen-bond acceptors (Lipinski definition) is 7. The van der Waals surface area contributed by atoms with Crippen molar-refractivity contribution in [1.82, 2.24) is 15.0 Å². The number of morpholine rings is 1. The zero-order valence-corrected chi connectivity index (χ0v) is 17.4. The molecule has 12 heteroatoms. The van der Waals surface area contributed by atoms with Crippen LogP contribution >= 0.6 is 0 Å². The summed E-state index contributed by atoms with van der Waals surface area (Å²) >= 11 is 0. The second kappa shape index (κ2) is 9.82. The van der Waals surface area contributed by atoms with E-state index in [9.17, 15) is 17.6 Å². The normalized spacial score (nSPS) is 23.2. The Labute approximate surface area is 181 Å². The summed E-state index contributed by atoms with van der Waals surface area (Å²) < 4.78 is 62.7.